The molecular weight excluding hydrogens is 156 g/mol. The highest BCUT2D eigenvalue weighted by Gasteiger charge is 1.96. The molecule has 0 aromatic heterocycles. The van der Waals surface area contributed by atoms with Crippen molar-refractivity contribution in [2.45, 2.75) is 11.8 Å². The Morgan fingerprint density at radius 1 is 2.00 bits per heavy atom. The van der Waals surface area contributed by atoms with E-state index in [4.69, 9.17) is 5.11 Å². The lowest BCUT2D eigenvalue weighted by Crippen LogP contribution is -1.98. The summed E-state index contributed by atoms with van der Waals surface area (Å²) in [5.41, 5.74) is 0.819. The molecule has 0 rings (SSSR count). The molecule has 0 aromatic rings. The summed E-state index contributed by atoms with van der Waals surface area (Å²) in [5.74, 6) is 0. The lowest BCUT2D eigenvalue weighted by Gasteiger charge is -2.00. The van der Waals surface area contributed by atoms with Gasteiger partial charge in [0.15, 0.2) is 0 Å². The Hall–Kier alpha value is 0.180. The standard InChI is InChI=1S/C5H9BrO/c1-4(3-7)5(2)6/h5,7H,1,3H2,2H3. The molecule has 42 valence electrons. The van der Waals surface area contributed by atoms with Crippen LogP contribution < -0.4 is 0 Å². The summed E-state index contributed by atoms with van der Waals surface area (Å²) in [6.45, 7) is 5.58. The van der Waals surface area contributed by atoms with Crippen molar-refractivity contribution >= 4 is 15.9 Å². The molecule has 0 heterocycles. The minimum atomic E-state index is 0.0758. The highest BCUT2D eigenvalue weighted by Crippen LogP contribution is 2.06. The number of aliphatic hydroxyl groups is 1. The normalized spacial score (nSPS) is 13.6. The second kappa shape index (κ2) is 3.22. The monoisotopic (exact) mass is 164 g/mol. The molecule has 1 nitrogen and oxygen atoms in total. The number of hydrogen-bond acceptors (Lipinski definition) is 1. The van der Waals surface area contributed by atoms with Gasteiger partial charge in [0.25, 0.3) is 0 Å². The molecule has 0 bridgehead atoms. The van der Waals surface area contributed by atoms with Gasteiger partial charge in [-0.3, -0.25) is 0 Å². The van der Waals surface area contributed by atoms with Crippen LogP contribution in [0.4, 0.5) is 0 Å². The first-order valence-corrected chi connectivity index (χ1v) is 3.02. The zero-order valence-corrected chi connectivity index (χ0v) is 5.90. The fourth-order valence-electron chi connectivity index (χ4n) is 0.126. The van der Waals surface area contributed by atoms with Crippen molar-refractivity contribution in [3.05, 3.63) is 12.2 Å². The summed E-state index contributed by atoms with van der Waals surface area (Å²) in [4.78, 5) is 0.234. The lowest BCUT2D eigenvalue weighted by atomic mass is 10.3. The Morgan fingerprint density at radius 3 is 2.43 bits per heavy atom. The van der Waals surface area contributed by atoms with Gasteiger partial charge in [-0.15, -0.1) is 0 Å². The number of rotatable bonds is 2. The Bertz CT molecular complexity index is 68.5. The maximum Gasteiger partial charge on any atom is 0.0649 e. The van der Waals surface area contributed by atoms with Crippen molar-refractivity contribution in [3.8, 4) is 0 Å². The van der Waals surface area contributed by atoms with Crippen LogP contribution in [0.3, 0.4) is 0 Å². The first kappa shape index (κ1) is 7.18. The third kappa shape index (κ3) is 2.83. The van der Waals surface area contributed by atoms with Crippen LogP contribution in [-0.4, -0.2) is 16.5 Å². The average Bonchev–Trinajstić information content (AvgIpc) is 1.65. The molecule has 0 aliphatic carbocycles. The smallest absolute Gasteiger partial charge is 0.0649 e. The largest absolute Gasteiger partial charge is 0.392 e. The first-order valence-electron chi connectivity index (χ1n) is 2.11. The fraction of sp³-hybridized carbons (Fsp3) is 0.600. The summed E-state index contributed by atoms with van der Waals surface area (Å²) in [5, 5.41) is 8.38. The van der Waals surface area contributed by atoms with Crippen LogP contribution in [0.1, 0.15) is 6.92 Å². The van der Waals surface area contributed by atoms with Gasteiger partial charge in [-0.1, -0.05) is 22.5 Å². The second-order valence-electron chi connectivity index (χ2n) is 1.43. The van der Waals surface area contributed by atoms with Crippen molar-refractivity contribution in [2.75, 3.05) is 6.61 Å². The molecule has 2 heteroatoms. The van der Waals surface area contributed by atoms with Crippen molar-refractivity contribution in [1.82, 2.24) is 0 Å². The maximum atomic E-state index is 8.38. The highest BCUT2D eigenvalue weighted by atomic mass is 79.9. The fourth-order valence-corrected chi connectivity index (χ4v) is 0.271. The van der Waals surface area contributed by atoms with Gasteiger partial charge in [0.2, 0.25) is 0 Å². The van der Waals surface area contributed by atoms with Gasteiger partial charge in [-0.2, -0.15) is 0 Å². The van der Waals surface area contributed by atoms with E-state index >= 15 is 0 Å². The molecule has 0 aliphatic rings. The van der Waals surface area contributed by atoms with Crippen molar-refractivity contribution in [1.29, 1.82) is 0 Å². The lowest BCUT2D eigenvalue weighted by molar-refractivity contribution is 0.329. The van der Waals surface area contributed by atoms with Crippen LogP contribution in [0.5, 0.6) is 0 Å². The molecule has 0 spiro atoms. The molecular formula is C5H9BrO. The SMILES string of the molecule is C=C(CO)C(C)Br. The molecule has 1 atom stereocenters. The zero-order chi connectivity index (χ0) is 5.86. The molecule has 0 amide bonds. The summed E-state index contributed by atoms with van der Waals surface area (Å²) in [6, 6.07) is 0. The van der Waals surface area contributed by atoms with Crippen LogP contribution >= 0.6 is 15.9 Å². The molecule has 1 N–H and O–H groups in total. The topological polar surface area (TPSA) is 20.2 Å². The van der Waals surface area contributed by atoms with Gasteiger partial charge >= 0.3 is 0 Å². The molecule has 0 radical (unpaired) electrons. The van der Waals surface area contributed by atoms with Crippen molar-refractivity contribution < 1.29 is 5.11 Å². The molecule has 1 unspecified atom stereocenters. The van der Waals surface area contributed by atoms with Crippen molar-refractivity contribution in [3.63, 3.8) is 0 Å². The Balaban J connectivity index is 3.35. The first-order chi connectivity index (χ1) is 3.18. The van der Waals surface area contributed by atoms with Gasteiger partial charge in [0.1, 0.15) is 0 Å². The van der Waals surface area contributed by atoms with E-state index in [1.165, 1.54) is 0 Å². The predicted octanol–water partition coefficient (Wildman–Crippen LogP) is 1.32. The van der Waals surface area contributed by atoms with Crippen LogP contribution in [0.2, 0.25) is 0 Å². The molecule has 0 fully saturated rings. The molecule has 0 saturated heterocycles. The van der Waals surface area contributed by atoms with Gasteiger partial charge in [-0.05, 0) is 12.5 Å². The number of aliphatic hydroxyl groups excluding tert-OH is 1. The third-order valence-electron chi connectivity index (χ3n) is 0.766. The van der Waals surface area contributed by atoms with Crippen LogP contribution in [0.25, 0.3) is 0 Å². The Morgan fingerprint density at radius 2 is 2.43 bits per heavy atom. The molecule has 0 aliphatic heterocycles. The summed E-state index contributed by atoms with van der Waals surface area (Å²) in [7, 11) is 0. The zero-order valence-electron chi connectivity index (χ0n) is 4.32. The van der Waals surface area contributed by atoms with Gasteiger partial charge in [-0.25, -0.2) is 0 Å². The minimum Gasteiger partial charge on any atom is -0.392 e. The second-order valence-corrected chi connectivity index (χ2v) is 2.81. The number of halogens is 1. The van der Waals surface area contributed by atoms with Gasteiger partial charge in [0, 0.05) is 4.83 Å². The maximum absolute atomic E-state index is 8.38. The summed E-state index contributed by atoms with van der Waals surface area (Å²) < 4.78 is 0. The van der Waals surface area contributed by atoms with E-state index in [-0.39, 0.29) is 11.4 Å². The van der Waals surface area contributed by atoms with Crippen LogP contribution in [-0.2, 0) is 0 Å². The summed E-state index contributed by atoms with van der Waals surface area (Å²) >= 11 is 3.24. The van der Waals surface area contributed by atoms with E-state index in [1.807, 2.05) is 6.92 Å². The molecule has 0 aromatic carbocycles. The summed E-state index contributed by atoms with van der Waals surface area (Å²) in [6.07, 6.45) is 0. The highest BCUT2D eigenvalue weighted by molar-refractivity contribution is 9.09. The average molecular weight is 165 g/mol. The van der Waals surface area contributed by atoms with E-state index in [9.17, 15) is 0 Å². The Kier molecular flexibility index (Phi) is 3.30. The Labute approximate surface area is 52.2 Å². The van der Waals surface area contributed by atoms with Crippen LogP contribution in [0, 0.1) is 0 Å². The van der Waals surface area contributed by atoms with Crippen molar-refractivity contribution in [2.24, 2.45) is 0 Å². The third-order valence-corrected chi connectivity index (χ3v) is 1.41. The van der Waals surface area contributed by atoms with E-state index in [2.05, 4.69) is 22.5 Å². The van der Waals surface area contributed by atoms with E-state index < -0.39 is 0 Å². The quantitative estimate of drug-likeness (QED) is 0.483. The van der Waals surface area contributed by atoms with E-state index in [0.29, 0.717) is 0 Å². The number of alkyl halides is 1. The van der Waals surface area contributed by atoms with E-state index in [0.717, 1.165) is 5.57 Å². The van der Waals surface area contributed by atoms with E-state index in [1.54, 1.807) is 0 Å². The van der Waals surface area contributed by atoms with Gasteiger partial charge < -0.3 is 5.11 Å². The predicted molar refractivity (Wildman–Crippen MR) is 34.6 cm³/mol. The number of hydrogen-bond donors (Lipinski definition) is 1. The van der Waals surface area contributed by atoms with Gasteiger partial charge in [0.05, 0.1) is 6.61 Å². The molecule has 7 heavy (non-hydrogen) atoms. The van der Waals surface area contributed by atoms with Crippen LogP contribution in [0.15, 0.2) is 12.2 Å². The minimum absolute atomic E-state index is 0.0758. The molecule has 0 saturated carbocycles.